The van der Waals surface area contributed by atoms with Crippen LogP contribution < -0.4 is 5.32 Å². The van der Waals surface area contributed by atoms with Crippen LogP contribution in [0.2, 0.25) is 0 Å². The summed E-state index contributed by atoms with van der Waals surface area (Å²) in [5.41, 5.74) is 2.21. The van der Waals surface area contributed by atoms with Gasteiger partial charge in [-0.1, -0.05) is 52.7 Å². The normalized spacial score (nSPS) is 11.7. The van der Waals surface area contributed by atoms with Gasteiger partial charge >= 0.3 is 0 Å². The number of aryl methyl sites for hydroxylation is 1. The number of halogens is 1. The second-order valence-electron chi connectivity index (χ2n) is 7.03. The molecular weight excluding hydrogens is 448 g/mol. The molecule has 0 aliphatic heterocycles. The molecule has 0 fully saturated rings. The number of carbonyl (C=O) groups is 2. The molecule has 1 atom stereocenters. The molecule has 0 aliphatic carbocycles. The Bertz CT molecular complexity index is 811. The molecule has 0 spiro atoms. The van der Waals surface area contributed by atoms with Crippen molar-refractivity contribution in [2.75, 3.05) is 12.3 Å². The quantitative estimate of drug-likeness (QED) is 0.480. The van der Waals surface area contributed by atoms with Crippen molar-refractivity contribution < 1.29 is 9.59 Å². The first-order valence-electron chi connectivity index (χ1n) is 9.91. The van der Waals surface area contributed by atoms with Crippen LogP contribution in [0, 0.1) is 6.92 Å². The summed E-state index contributed by atoms with van der Waals surface area (Å²) in [6.07, 6.45) is 1.25. The molecular formula is C23H29BrN2O2S. The number of amides is 2. The number of nitrogens with zero attached hydrogens (tertiary/aromatic N) is 1. The zero-order valence-electron chi connectivity index (χ0n) is 17.3. The standard InChI is InChI=1S/C23H29BrN2O2S/c1-4-13-25-23(28)18(3)26(16-19-6-5-7-20(24)15-19)22(27)12-14-29-21-10-8-17(2)9-11-21/h5-11,15,18H,4,12-14,16H2,1-3H3,(H,25,28). The highest BCUT2D eigenvalue weighted by molar-refractivity contribution is 9.10. The van der Waals surface area contributed by atoms with Gasteiger partial charge in [-0.2, -0.15) is 0 Å². The van der Waals surface area contributed by atoms with Crippen molar-refractivity contribution in [1.29, 1.82) is 0 Å². The van der Waals surface area contributed by atoms with Crippen LogP contribution in [0.1, 0.15) is 37.8 Å². The van der Waals surface area contributed by atoms with Crippen LogP contribution >= 0.6 is 27.7 Å². The number of benzene rings is 2. The molecule has 1 unspecified atom stereocenters. The van der Waals surface area contributed by atoms with Crippen molar-refractivity contribution in [3.63, 3.8) is 0 Å². The van der Waals surface area contributed by atoms with Gasteiger partial charge in [0.25, 0.3) is 0 Å². The number of hydrogen-bond acceptors (Lipinski definition) is 3. The minimum Gasteiger partial charge on any atom is -0.354 e. The van der Waals surface area contributed by atoms with E-state index in [1.54, 1.807) is 23.6 Å². The van der Waals surface area contributed by atoms with Crippen LogP contribution in [0.5, 0.6) is 0 Å². The van der Waals surface area contributed by atoms with Gasteiger partial charge < -0.3 is 10.2 Å². The predicted molar refractivity (Wildman–Crippen MR) is 124 cm³/mol. The summed E-state index contributed by atoms with van der Waals surface area (Å²) in [6, 6.07) is 15.6. The van der Waals surface area contributed by atoms with E-state index in [0.717, 1.165) is 21.4 Å². The topological polar surface area (TPSA) is 49.4 Å². The van der Waals surface area contributed by atoms with E-state index in [2.05, 4.69) is 52.4 Å². The molecule has 2 rings (SSSR count). The van der Waals surface area contributed by atoms with E-state index in [1.807, 2.05) is 31.2 Å². The van der Waals surface area contributed by atoms with Crippen molar-refractivity contribution in [3.05, 3.63) is 64.1 Å². The molecule has 6 heteroatoms. The van der Waals surface area contributed by atoms with Crippen LogP contribution in [0.3, 0.4) is 0 Å². The molecule has 0 aliphatic rings. The van der Waals surface area contributed by atoms with Gasteiger partial charge in [-0.05, 0) is 50.1 Å². The van der Waals surface area contributed by atoms with Gasteiger partial charge in [0.2, 0.25) is 11.8 Å². The van der Waals surface area contributed by atoms with Gasteiger partial charge in [0.05, 0.1) is 0 Å². The van der Waals surface area contributed by atoms with E-state index >= 15 is 0 Å². The molecule has 4 nitrogen and oxygen atoms in total. The van der Waals surface area contributed by atoms with Crippen molar-refractivity contribution in [2.24, 2.45) is 0 Å². The van der Waals surface area contributed by atoms with Crippen LogP contribution in [0.15, 0.2) is 57.9 Å². The minimum absolute atomic E-state index is 0.0104. The van der Waals surface area contributed by atoms with Gasteiger partial charge in [0, 0.05) is 34.6 Å². The summed E-state index contributed by atoms with van der Waals surface area (Å²) in [7, 11) is 0. The van der Waals surface area contributed by atoms with E-state index in [1.165, 1.54) is 5.56 Å². The van der Waals surface area contributed by atoms with Crippen molar-refractivity contribution >= 4 is 39.5 Å². The molecule has 156 valence electrons. The van der Waals surface area contributed by atoms with Crippen LogP contribution in [-0.4, -0.2) is 35.1 Å². The third kappa shape index (κ3) is 7.86. The fourth-order valence-corrected chi connectivity index (χ4v) is 4.13. The third-order valence-corrected chi connectivity index (χ3v) is 6.07. The molecule has 0 bridgehead atoms. The number of nitrogens with one attached hydrogen (secondary N) is 1. The highest BCUT2D eigenvalue weighted by atomic mass is 79.9. The Morgan fingerprint density at radius 2 is 1.90 bits per heavy atom. The average molecular weight is 477 g/mol. The number of hydrogen-bond donors (Lipinski definition) is 1. The Kier molecular flexibility index (Phi) is 9.74. The van der Waals surface area contributed by atoms with E-state index in [0.29, 0.717) is 25.3 Å². The average Bonchev–Trinajstić information content (AvgIpc) is 2.71. The zero-order chi connectivity index (χ0) is 21.2. The van der Waals surface area contributed by atoms with Crippen LogP contribution in [-0.2, 0) is 16.1 Å². The molecule has 0 radical (unpaired) electrons. The van der Waals surface area contributed by atoms with E-state index in [4.69, 9.17) is 0 Å². The minimum atomic E-state index is -0.516. The van der Waals surface area contributed by atoms with Crippen LogP contribution in [0.25, 0.3) is 0 Å². The van der Waals surface area contributed by atoms with Gasteiger partial charge in [0.1, 0.15) is 6.04 Å². The summed E-state index contributed by atoms with van der Waals surface area (Å²) in [4.78, 5) is 28.4. The Morgan fingerprint density at radius 1 is 1.17 bits per heavy atom. The second-order valence-corrected chi connectivity index (χ2v) is 9.11. The maximum absolute atomic E-state index is 13.0. The maximum atomic E-state index is 13.0. The van der Waals surface area contributed by atoms with Gasteiger partial charge in [-0.3, -0.25) is 9.59 Å². The smallest absolute Gasteiger partial charge is 0.242 e. The number of carbonyl (C=O) groups excluding carboxylic acids is 2. The summed E-state index contributed by atoms with van der Waals surface area (Å²) < 4.78 is 0.959. The molecule has 0 saturated carbocycles. The summed E-state index contributed by atoms with van der Waals surface area (Å²) >= 11 is 5.14. The highest BCUT2D eigenvalue weighted by Crippen LogP contribution is 2.21. The highest BCUT2D eigenvalue weighted by Gasteiger charge is 2.25. The Balaban J connectivity index is 2.04. The van der Waals surface area contributed by atoms with Gasteiger partial charge in [-0.25, -0.2) is 0 Å². The predicted octanol–water partition coefficient (Wildman–Crippen LogP) is 5.18. The van der Waals surface area contributed by atoms with Crippen LogP contribution in [0.4, 0.5) is 0 Å². The Morgan fingerprint density at radius 3 is 2.55 bits per heavy atom. The third-order valence-electron chi connectivity index (χ3n) is 4.56. The molecule has 0 saturated heterocycles. The summed E-state index contributed by atoms with van der Waals surface area (Å²) in [5, 5.41) is 2.90. The second kappa shape index (κ2) is 12.0. The Labute approximate surface area is 186 Å². The fourth-order valence-electron chi connectivity index (χ4n) is 2.84. The summed E-state index contributed by atoms with van der Waals surface area (Å²) in [5.74, 6) is 0.560. The number of rotatable bonds is 10. The van der Waals surface area contributed by atoms with Crippen molar-refractivity contribution in [1.82, 2.24) is 10.2 Å². The van der Waals surface area contributed by atoms with Crippen molar-refractivity contribution in [2.45, 2.75) is 51.1 Å². The lowest BCUT2D eigenvalue weighted by molar-refractivity contribution is -0.140. The Hall–Kier alpha value is -1.79. The largest absolute Gasteiger partial charge is 0.354 e. The molecule has 29 heavy (non-hydrogen) atoms. The lowest BCUT2D eigenvalue weighted by atomic mass is 10.1. The zero-order valence-corrected chi connectivity index (χ0v) is 19.7. The SMILES string of the molecule is CCCNC(=O)C(C)N(Cc1cccc(Br)c1)C(=O)CCSc1ccc(C)cc1. The first-order chi connectivity index (χ1) is 13.9. The maximum Gasteiger partial charge on any atom is 0.242 e. The van der Waals surface area contributed by atoms with E-state index in [9.17, 15) is 9.59 Å². The lowest BCUT2D eigenvalue weighted by Gasteiger charge is -2.29. The van der Waals surface area contributed by atoms with Crippen molar-refractivity contribution in [3.8, 4) is 0 Å². The molecule has 2 amide bonds. The number of thioether (sulfide) groups is 1. The first kappa shape index (κ1) is 23.5. The summed E-state index contributed by atoms with van der Waals surface area (Å²) in [6.45, 7) is 6.90. The molecule has 2 aromatic carbocycles. The fraction of sp³-hybridized carbons (Fsp3) is 0.391. The monoisotopic (exact) mass is 476 g/mol. The van der Waals surface area contributed by atoms with Gasteiger partial charge in [-0.15, -0.1) is 11.8 Å². The molecule has 1 N–H and O–H groups in total. The molecule has 0 heterocycles. The lowest BCUT2D eigenvalue weighted by Crippen LogP contribution is -2.47. The van der Waals surface area contributed by atoms with Gasteiger partial charge in [0.15, 0.2) is 0 Å². The van der Waals surface area contributed by atoms with E-state index in [-0.39, 0.29) is 11.8 Å². The first-order valence-corrected chi connectivity index (χ1v) is 11.7. The van der Waals surface area contributed by atoms with E-state index < -0.39 is 6.04 Å². The molecule has 2 aromatic rings. The molecule has 0 aromatic heterocycles.